The van der Waals surface area contributed by atoms with Crippen molar-refractivity contribution in [1.82, 2.24) is 9.88 Å². The van der Waals surface area contributed by atoms with Crippen LogP contribution >= 0.6 is 11.3 Å². The number of hydrogen-bond acceptors (Lipinski definition) is 6. The smallest absolute Gasteiger partial charge is 0.249 e. The number of benzene rings is 1. The zero-order chi connectivity index (χ0) is 23.4. The second kappa shape index (κ2) is 8.48. The Balaban J connectivity index is 1.03. The number of allylic oxidation sites excluding steroid dienone is 1. The number of carbonyl (C=O) groups is 1. The maximum atomic E-state index is 13.3. The fraction of sp³-hybridized carbons (Fsp3) is 0.538. The molecule has 1 amide bonds. The molecule has 1 aromatic heterocycles. The molecular weight excluding hydrogens is 468 g/mol. The minimum absolute atomic E-state index is 0.283. The van der Waals surface area contributed by atoms with Gasteiger partial charge in [-0.3, -0.25) is 4.79 Å². The van der Waals surface area contributed by atoms with Crippen molar-refractivity contribution in [3.8, 4) is 5.75 Å². The summed E-state index contributed by atoms with van der Waals surface area (Å²) in [5.41, 5.74) is 3.60. The summed E-state index contributed by atoms with van der Waals surface area (Å²) >= 11 is 1.67. The number of hydrogen-bond donors (Lipinski definition) is 0. The number of fused-ring (bicyclic) bond motifs is 1. The Morgan fingerprint density at radius 3 is 2.44 bits per heavy atom. The van der Waals surface area contributed by atoms with Gasteiger partial charge in [0.1, 0.15) is 12.4 Å². The number of piperidine rings is 1. The van der Waals surface area contributed by atoms with E-state index in [1.807, 2.05) is 5.38 Å². The van der Waals surface area contributed by atoms with Crippen molar-refractivity contribution in [1.29, 1.82) is 0 Å². The van der Waals surface area contributed by atoms with Gasteiger partial charge in [0.25, 0.3) is 0 Å². The van der Waals surface area contributed by atoms with E-state index in [9.17, 15) is 13.2 Å². The molecule has 8 rings (SSSR count). The molecule has 2 heterocycles. The topological polar surface area (TPSA) is 76.6 Å². The van der Waals surface area contributed by atoms with Gasteiger partial charge < -0.3 is 9.64 Å². The molecule has 0 N–H and O–H groups in total. The highest BCUT2D eigenvalue weighted by atomic mass is 32.2. The molecule has 0 radical (unpaired) electrons. The minimum Gasteiger partial charge on any atom is -0.487 e. The average Bonchev–Trinajstić information content (AvgIpc) is 3.31. The van der Waals surface area contributed by atoms with Crippen LogP contribution in [0.4, 0.5) is 0 Å². The number of ether oxygens (including phenoxy) is 1. The summed E-state index contributed by atoms with van der Waals surface area (Å²) in [4.78, 5) is 20.4. The lowest BCUT2D eigenvalue weighted by Gasteiger charge is -2.54. The van der Waals surface area contributed by atoms with Crippen molar-refractivity contribution >= 4 is 27.1 Å². The molecule has 4 fully saturated rings. The molecule has 0 spiro atoms. The normalized spacial score (nSPS) is 26.5. The quantitative estimate of drug-likeness (QED) is 0.583. The maximum absolute atomic E-state index is 13.3. The first-order valence-corrected chi connectivity index (χ1v) is 15.0. The maximum Gasteiger partial charge on any atom is 0.249 e. The van der Waals surface area contributed by atoms with Crippen molar-refractivity contribution in [3.05, 3.63) is 51.5 Å². The van der Waals surface area contributed by atoms with Gasteiger partial charge in [0.15, 0.2) is 9.84 Å². The Morgan fingerprint density at radius 2 is 1.79 bits per heavy atom. The summed E-state index contributed by atoms with van der Waals surface area (Å²) in [5.74, 6) is 3.54. The first-order valence-electron chi connectivity index (χ1n) is 12.2. The molecular formula is C26H30N2O4S2. The number of aromatic nitrogens is 1. The molecule has 4 bridgehead atoms. The van der Waals surface area contributed by atoms with Crippen LogP contribution in [-0.2, 0) is 21.2 Å². The van der Waals surface area contributed by atoms with Crippen LogP contribution in [0, 0.1) is 17.8 Å². The first kappa shape index (κ1) is 22.3. The van der Waals surface area contributed by atoms with Crippen LogP contribution in [0.1, 0.15) is 55.1 Å². The van der Waals surface area contributed by atoms with Gasteiger partial charge in [0.05, 0.1) is 15.6 Å². The highest BCUT2D eigenvalue weighted by Gasteiger charge is 2.50. The van der Waals surface area contributed by atoms with Crippen LogP contribution in [0.15, 0.2) is 45.7 Å². The molecule has 2 atom stereocenters. The molecule has 2 unspecified atom stereocenters. The molecule has 180 valence electrons. The third-order valence-electron chi connectivity index (χ3n) is 8.12. The summed E-state index contributed by atoms with van der Waals surface area (Å²) in [6.07, 6.45) is 8.12. The Morgan fingerprint density at radius 1 is 1.09 bits per heavy atom. The van der Waals surface area contributed by atoms with Crippen molar-refractivity contribution in [3.63, 3.8) is 0 Å². The van der Waals surface area contributed by atoms with Crippen molar-refractivity contribution in [2.24, 2.45) is 17.8 Å². The van der Waals surface area contributed by atoms with E-state index in [-0.39, 0.29) is 4.90 Å². The fourth-order valence-corrected chi connectivity index (χ4v) is 8.04. The molecule has 2 aromatic rings. The molecule has 1 aliphatic heterocycles. The Labute approximate surface area is 204 Å². The number of nitrogens with zero attached hydrogens (tertiary/aromatic N) is 2. The van der Waals surface area contributed by atoms with Crippen molar-refractivity contribution < 1.29 is 17.9 Å². The standard InChI is InChI=1S/C26H30N2O4S2/c1-34(30,31)22-4-2-21(3-5-22)32-14-20-15-33-25(27-20)17-6-8-28(9-7-17)26(29)23-12-16-10-18-13-19(11-16)24(18)23/h2-5,15-19H,6-14H2,1H3. The summed E-state index contributed by atoms with van der Waals surface area (Å²) in [6, 6.07) is 6.47. The second-order valence-corrected chi connectivity index (χ2v) is 13.3. The van der Waals surface area contributed by atoms with Gasteiger partial charge in [0.2, 0.25) is 5.91 Å². The lowest BCUT2D eigenvalue weighted by molar-refractivity contribution is -0.129. The zero-order valence-corrected chi connectivity index (χ0v) is 21.0. The summed E-state index contributed by atoms with van der Waals surface area (Å²) in [7, 11) is -3.21. The predicted molar refractivity (Wildman–Crippen MR) is 131 cm³/mol. The SMILES string of the molecule is CS(=O)(=O)c1ccc(OCc2csc(C3CCN(C(=O)C4=C5C6CC(C4)CC5C6)CC3)n2)cc1. The second-order valence-electron chi connectivity index (χ2n) is 10.4. The highest BCUT2D eigenvalue weighted by Crippen LogP contribution is 2.59. The summed E-state index contributed by atoms with van der Waals surface area (Å²) in [5, 5.41) is 3.16. The number of sulfone groups is 1. The Hall–Kier alpha value is -2.19. The van der Waals surface area contributed by atoms with Gasteiger partial charge in [0, 0.05) is 36.2 Å². The van der Waals surface area contributed by atoms with E-state index in [1.54, 1.807) is 35.6 Å². The molecule has 1 saturated heterocycles. The van der Waals surface area contributed by atoms with E-state index < -0.39 is 9.84 Å². The zero-order valence-electron chi connectivity index (χ0n) is 19.4. The number of likely N-dealkylation sites (tertiary alicyclic amines) is 1. The fourth-order valence-electron chi connectivity index (χ4n) is 6.43. The number of amides is 1. The largest absolute Gasteiger partial charge is 0.487 e. The summed E-state index contributed by atoms with van der Waals surface area (Å²) < 4.78 is 29.0. The number of carbonyl (C=O) groups excluding carboxylic acids is 1. The average molecular weight is 499 g/mol. The van der Waals surface area contributed by atoms with Crippen LogP contribution in [0.25, 0.3) is 0 Å². The molecule has 6 nitrogen and oxygen atoms in total. The van der Waals surface area contributed by atoms with E-state index in [1.165, 1.54) is 36.7 Å². The highest BCUT2D eigenvalue weighted by molar-refractivity contribution is 7.90. The van der Waals surface area contributed by atoms with E-state index in [0.717, 1.165) is 60.8 Å². The number of thiazole rings is 1. The molecule has 34 heavy (non-hydrogen) atoms. The van der Waals surface area contributed by atoms with Crippen molar-refractivity contribution in [2.45, 2.75) is 55.9 Å². The lowest BCUT2D eigenvalue weighted by Crippen LogP contribution is -2.47. The Bertz CT molecular complexity index is 1230. The van der Waals surface area contributed by atoms with E-state index in [0.29, 0.717) is 24.2 Å². The van der Waals surface area contributed by atoms with E-state index in [2.05, 4.69) is 4.90 Å². The van der Waals surface area contributed by atoms with Gasteiger partial charge in [-0.2, -0.15) is 0 Å². The van der Waals surface area contributed by atoms with Crippen LogP contribution in [0.2, 0.25) is 0 Å². The van der Waals surface area contributed by atoms with E-state index in [4.69, 9.17) is 9.72 Å². The lowest BCUT2D eigenvalue weighted by atomic mass is 9.51. The molecule has 6 aliphatic rings. The van der Waals surface area contributed by atoms with Crippen molar-refractivity contribution in [2.75, 3.05) is 19.3 Å². The third-order valence-corrected chi connectivity index (χ3v) is 10.3. The molecule has 1 aromatic carbocycles. The Kier molecular flexibility index (Phi) is 5.56. The van der Waals surface area contributed by atoms with Gasteiger partial charge in [-0.15, -0.1) is 11.3 Å². The third kappa shape index (κ3) is 4.09. The predicted octanol–water partition coefficient (Wildman–Crippen LogP) is 4.58. The summed E-state index contributed by atoms with van der Waals surface area (Å²) in [6.45, 7) is 1.99. The van der Waals surface area contributed by atoms with Crippen LogP contribution < -0.4 is 4.74 Å². The minimum atomic E-state index is -3.21. The van der Waals surface area contributed by atoms with Gasteiger partial charge >= 0.3 is 0 Å². The van der Waals surface area contributed by atoms with Gasteiger partial charge in [-0.05, 0) is 80.5 Å². The monoisotopic (exact) mass is 498 g/mol. The first-order chi connectivity index (χ1) is 16.3. The van der Waals surface area contributed by atoms with E-state index >= 15 is 0 Å². The molecule has 5 aliphatic carbocycles. The van der Waals surface area contributed by atoms with Gasteiger partial charge in [-0.1, -0.05) is 5.57 Å². The van der Waals surface area contributed by atoms with Crippen LogP contribution in [-0.4, -0.2) is 43.6 Å². The molecule has 8 heteroatoms. The number of rotatable bonds is 6. The molecule has 3 saturated carbocycles. The van der Waals surface area contributed by atoms with Crippen LogP contribution in [0.5, 0.6) is 5.75 Å². The van der Waals surface area contributed by atoms with Crippen LogP contribution in [0.3, 0.4) is 0 Å². The van der Waals surface area contributed by atoms with Gasteiger partial charge in [-0.25, -0.2) is 13.4 Å².